The van der Waals surface area contributed by atoms with E-state index in [4.69, 9.17) is 4.74 Å². The van der Waals surface area contributed by atoms with E-state index >= 15 is 0 Å². The molecule has 154 valence electrons. The van der Waals surface area contributed by atoms with Gasteiger partial charge in [0.1, 0.15) is 18.0 Å². The molecule has 1 aromatic heterocycles. The number of aryl methyl sites for hydroxylation is 2. The van der Waals surface area contributed by atoms with Gasteiger partial charge in [-0.2, -0.15) is 0 Å². The molecule has 0 aliphatic heterocycles. The number of nitrogens with one attached hydrogen (secondary N) is 1. The molecule has 5 nitrogen and oxygen atoms in total. The first-order chi connectivity index (χ1) is 13.9. The second-order valence-electron chi connectivity index (χ2n) is 8.11. The van der Waals surface area contributed by atoms with Crippen molar-refractivity contribution in [2.24, 2.45) is 5.92 Å². The van der Waals surface area contributed by atoms with E-state index in [1.165, 1.54) is 16.7 Å². The molecule has 1 aromatic carbocycles. The molecule has 4 atom stereocenters. The summed E-state index contributed by atoms with van der Waals surface area (Å²) in [5.41, 5.74) is 1.54. The second-order valence-corrected chi connectivity index (χ2v) is 9.45. The SMILES string of the molecule is CC(=O)c1ccc(OC2CCC(NCC3CCc4sc(C)cc4C3=O)C2O)cc1. The van der Waals surface area contributed by atoms with Crippen molar-refractivity contribution in [2.45, 2.75) is 57.8 Å². The standard InChI is InChI=1S/C23H27NO4S/c1-13-11-18-21(29-13)10-5-16(22(18)26)12-24-19-8-9-20(23(19)27)28-17-6-3-15(4-7-17)14(2)25/h3-4,6-7,11,16,19-20,23-24,27H,5,8-10,12H2,1-2H3. The van der Waals surface area contributed by atoms with Crippen LogP contribution in [0.3, 0.4) is 0 Å². The van der Waals surface area contributed by atoms with Crippen molar-refractivity contribution in [3.05, 3.63) is 51.2 Å². The van der Waals surface area contributed by atoms with E-state index in [1.54, 1.807) is 35.6 Å². The molecule has 6 heteroatoms. The van der Waals surface area contributed by atoms with Gasteiger partial charge >= 0.3 is 0 Å². The number of hydrogen-bond acceptors (Lipinski definition) is 6. The molecule has 0 amide bonds. The maximum absolute atomic E-state index is 12.8. The summed E-state index contributed by atoms with van der Waals surface area (Å²) in [6.45, 7) is 4.17. The number of carbonyl (C=O) groups is 2. The Morgan fingerprint density at radius 1 is 1.24 bits per heavy atom. The lowest BCUT2D eigenvalue weighted by Gasteiger charge is -2.25. The molecule has 1 heterocycles. The zero-order valence-corrected chi connectivity index (χ0v) is 17.6. The highest BCUT2D eigenvalue weighted by Gasteiger charge is 2.37. The molecule has 2 aromatic rings. The minimum atomic E-state index is -0.625. The van der Waals surface area contributed by atoms with Crippen LogP contribution < -0.4 is 10.1 Å². The number of ether oxygens (including phenoxy) is 1. The summed E-state index contributed by atoms with van der Waals surface area (Å²) in [5.74, 6) is 0.878. The third-order valence-corrected chi connectivity index (χ3v) is 7.13. The van der Waals surface area contributed by atoms with Gasteiger partial charge in [-0.05, 0) is 69.9 Å². The molecule has 1 fully saturated rings. The third-order valence-electron chi connectivity index (χ3n) is 6.02. The Balaban J connectivity index is 1.31. The third kappa shape index (κ3) is 4.29. The Labute approximate surface area is 175 Å². The Bertz CT molecular complexity index is 904. The van der Waals surface area contributed by atoms with Crippen molar-refractivity contribution >= 4 is 22.9 Å². The van der Waals surface area contributed by atoms with Gasteiger partial charge in [0, 0.05) is 39.4 Å². The number of aliphatic hydroxyl groups is 1. The molecule has 1 saturated carbocycles. The minimum Gasteiger partial charge on any atom is -0.488 e. The fourth-order valence-corrected chi connectivity index (χ4v) is 5.40. The van der Waals surface area contributed by atoms with Crippen LogP contribution in [0.5, 0.6) is 5.75 Å². The van der Waals surface area contributed by atoms with E-state index in [2.05, 4.69) is 5.32 Å². The Hall–Kier alpha value is -2.02. The van der Waals surface area contributed by atoms with Gasteiger partial charge in [-0.25, -0.2) is 0 Å². The van der Waals surface area contributed by atoms with E-state index in [0.717, 1.165) is 31.2 Å². The van der Waals surface area contributed by atoms with Gasteiger partial charge in [0.15, 0.2) is 11.6 Å². The zero-order chi connectivity index (χ0) is 20.5. The molecule has 29 heavy (non-hydrogen) atoms. The molecule has 0 saturated heterocycles. The lowest BCUT2D eigenvalue weighted by atomic mass is 9.87. The lowest BCUT2D eigenvalue weighted by molar-refractivity contribution is 0.0441. The smallest absolute Gasteiger partial charge is 0.168 e. The van der Waals surface area contributed by atoms with Gasteiger partial charge < -0.3 is 15.2 Å². The predicted molar refractivity (Wildman–Crippen MR) is 113 cm³/mol. The van der Waals surface area contributed by atoms with E-state index in [1.807, 2.05) is 13.0 Å². The van der Waals surface area contributed by atoms with Crippen LogP contribution in [0.15, 0.2) is 30.3 Å². The number of aliphatic hydroxyl groups excluding tert-OH is 1. The first-order valence-corrected chi connectivity index (χ1v) is 11.1. The molecular formula is C23H27NO4S. The summed E-state index contributed by atoms with van der Waals surface area (Å²) in [7, 11) is 0. The Morgan fingerprint density at radius 2 is 2.00 bits per heavy atom. The van der Waals surface area contributed by atoms with Crippen molar-refractivity contribution in [1.82, 2.24) is 5.32 Å². The second kappa shape index (κ2) is 8.38. The monoisotopic (exact) mass is 413 g/mol. The predicted octanol–water partition coefficient (Wildman–Crippen LogP) is 3.56. The van der Waals surface area contributed by atoms with Crippen molar-refractivity contribution in [1.29, 1.82) is 0 Å². The summed E-state index contributed by atoms with van der Waals surface area (Å²) in [6, 6.07) is 8.96. The Morgan fingerprint density at radius 3 is 2.72 bits per heavy atom. The fraction of sp³-hybridized carbons (Fsp3) is 0.478. The van der Waals surface area contributed by atoms with E-state index < -0.39 is 6.10 Å². The molecule has 2 aliphatic carbocycles. The molecule has 2 aliphatic rings. The average Bonchev–Trinajstić information content (AvgIpc) is 3.25. The number of benzene rings is 1. The largest absolute Gasteiger partial charge is 0.488 e. The molecule has 4 unspecified atom stereocenters. The van der Waals surface area contributed by atoms with Gasteiger partial charge in [0.2, 0.25) is 0 Å². The van der Waals surface area contributed by atoms with Crippen molar-refractivity contribution in [3.63, 3.8) is 0 Å². The van der Waals surface area contributed by atoms with Crippen LogP contribution in [-0.4, -0.2) is 41.5 Å². The Kier molecular flexibility index (Phi) is 5.86. The van der Waals surface area contributed by atoms with Gasteiger partial charge in [-0.15, -0.1) is 11.3 Å². The number of carbonyl (C=O) groups excluding carboxylic acids is 2. The summed E-state index contributed by atoms with van der Waals surface area (Å²) in [4.78, 5) is 26.5. The first-order valence-electron chi connectivity index (χ1n) is 10.2. The van der Waals surface area contributed by atoms with Crippen LogP contribution in [0, 0.1) is 12.8 Å². The van der Waals surface area contributed by atoms with Crippen LogP contribution in [-0.2, 0) is 6.42 Å². The normalized spacial score (nSPS) is 26.4. The maximum Gasteiger partial charge on any atom is 0.168 e. The minimum absolute atomic E-state index is 0.0173. The lowest BCUT2D eigenvalue weighted by Crippen LogP contribution is -2.44. The number of fused-ring (bicyclic) bond motifs is 1. The summed E-state index contributed by atoms with van der Waals surface area (Å²) in [5, 5.41) is 14.1. The molecule has 4 rings (SSSR count). The molecular weight excluding hydrogens is 386 g/mol. The van der Waals surface area contributed by atoms with Crippen molar-refractivity contribution < 1.29 is 19.4 Å². The van der Waals surface area contributed by atoms with Crippen molar-refractivity contribution in [2.75, 3.05) is 6.54 Å². The van der Waals surface area contributed by atoms with Crippen molar-refractivity contribution in [3.8, 4) is 5.75 Å². The zero-order valence-electron chi connectivity index (χ0n) is 16.8. The highest BCUT2D eigenvalue weighted by molar-refractivity contribution is 7.12. The van der Waals surface area contributed by atoms with Crippen LogP contribution in [0.2, 0.25) is 0 Å². The molecule has 0 spiro atoms. The van der Waals surface area contributed by atoms with E-state index in [0.29, 0.717) is 17.9 Å². The average molecular weight is 414 g/mol. The number of Topliss-reactive ketones (excluding diaryl/α,β-unsaturated/α-hetero) is 2. The number of hydrogen-bond donors (Lipinski definition) is 2. The maximum atomic E-state index is 12.8. The highest BCUT2D eigenvalue weighted by atomic mass is 32.1. The van der Waals surface area contributed by atoms with Crippen LogP contribution in [0.25, 0.3) is 0 Å². The summed E-state index contributed by atoms with van der Waals surface area (Å²) < 4.78 is 5.95. The molecule has 2 N–H and O–H groups in total. The topological polar surface area (TPSA) is 75.6 Å². The number of ketones is 2. The van der Waals surface area contributed by atoms with Gasteiger partial charge in [0.05, 0.1) is 0 Å². The van der Waals surface area contributed by atoms with Crippen LogP contribution in [0.1, 0.15) is 56.7 Å². The van der Waals surface area contributed by atoms with Crippen LogP contribution in [0.4, 0.5) is 0 Å². The number of rotatable bonds is 6. The molecule has 0 radical (unpaired) electrons. The van der Waals surface area contributed by atoms with E-state index in [9.17, 15) is 14.7 Å². The fourth-order valence-electron chi connectivity index (χ4n) is 4.34. The van der Waals surface area contributed by atoms with E-state index in [-0.39, 0.29) is 29.6 Å². The first kappa shape index (κ1) is 20.3. The molecule has 0 bridgehead atoms. The van der Waals surface area contributed by atoms with Gasteiger partial charge in [0.25, 0.3) is 0 Å². The summed E-state index contributed by atoms with van der Waals surface area (Å²) in [6.07, 6.45) is 2.47. The van der Waals surface area contributed by atoms with Gasteiger partial charge in [-0.3, -0.25) is 9.59 Å². The van der Waals surface area contributed by atoms with Gasteiger partial charge in [-0.1, -0.05) is 0 Å². The highest BCUT2D eigenvalue weighted by Crippen LogP contribution is 2.32. The van der Waals surface area contributed by atoms with Crippen LogP contribution >= 0.6 is 11.3 Å². The number of thiophene rings is 1. The summed E-state index contributed by atoms with van der Waals surface area (Å²) >= 11 is 1.73. The quantitative estimate of drug-likeness (QED) is 0.708.